The van der Waals surface area contributed by atoms with Crippen molar-refractivity contribution in [2.75, 3.05) is 13.7 Å². The summed E-state index contributed by atoms with van der Waals surface area (Å²) in [6.07, 6.45) is -0.665. The summed E-state index contributed by atoms with van der Waals surface area (Å²) in [7, 11) is 1.26. The predicted octanol–water partition coefficient (Wildman–Crippen LogP) is 1.50. The van der Waals surface area contributed by atoms with Crippen molar-refractivity contribution in [2.24, 2.45) is 5.92 Å². The molecule has 154 valence electrons. The molecular formula is C19H30O8. The molecule has 8 heteroatoms. The number of carbonyl (C=O) groups excluding carboxylic acids is 1. The summed E-state index contributed by atoms with van der Waals surface area (Å²) >= 11 is 0. The van der Waals surface area contributed by atoms with Crippen molar-refractivity contribution in [3.63, 3.8) is 0 Å². The number of methoxy groups -OCH3 is 1. The van der Waals surface area contributed by atoms with E-state index in [0.717, 1.165) is 5.57 Å². The first-order valence-electron chi connectivity index (χ1n) is 9.37. The van der Waals surface area contributed by atoms with Crippen molar-refractivity contribution >= 4 is 5.97 Å². The summed E-state index contributed by atoms with van der Waals surface area (Å²) in [5, 5.41) is 10.3. The van der Waals surface area contributed by atoms with Gasteiger partial charge in [0.15, 0.2) is 24.0 Å². The molecule has 27 heavy (non-hydrogen) atoms. The number of ether oxygens (including phenoxy) is 6. The molecule has 0 amide bonds. The van der Waals surface area contributed by atoms with Crippen molar-refractivity contribution in [1.29, 1.82) is 0 Å². The molecule has 0 spiro atoms. The minimum absolute atomic E-state index is 0.333. The lowest BCUT2D eigenvalue weighted by Crippen LogP contribution is -2.36. The number of fused-ring (bicyclic) bond motifs is 1. The molecule has 3 aliphatic rings. The van der Waals surface area contributed by atoms with Crippen LogP contribution in [-0.4, -0.2) is 67.1 Å². The highest BCUT2D eigenvalue weighted by atomic mass is 16.8. The molecule has 0 aromatic carbocycles. The van der Waals surface area contributed by atoms with Crippen molar-refractivity contribution in [1.82, 2.24) is 0 Å². The lowest BCUT2D eigenvalue weighted by molar-refractivity contribution is -0.215. The summed E-state index contributed by atoms with van der Waals surface area (Å²) in [5.41, 5.74) is 0.798. The Balaban J connectivity index is 1.89. The van der Waals surface area contributed by atoms with Gasteiger partial charge in [-0.2, -0.15) is 0 Å². The van der Waals surface area contributed by atoms with Crippen molar-refractivity contribution in [3.8, 4) is 0 Å². The first-order chi connectivity index (χ1) is 12.6. The van der Waals surface area contributed by atoms with E-state index in [9.17, 15) is 9.90 Å². The molecular weight excluding hydrogens is 356 g/mol. The fourth-order valence-electron chi connectivity index (χ4n) is 3.77. The maximum atomic E-state index is 11.8. The van der Waals surface area contributed by atoms with Crippen molar-refractivity contribution in [2.45, 2.75) is 83.3 Å². The van der Waals surface area contributed by atoms with E-state index in [1.165, 1.54) is 7.11 Å². The minimum Gasteiger partial charge on any atom is -0.467 e. The molecule has 0 saturated carbocycles. The third-order valence-electron chi connectivity index (χ3n) is 5.09. The minimum atomic E-state index is -1.26. The number of esters is 1. The number of aliphatic hydroxyl groups excluding tert-OH is 1. The van der Waals surface area contributed by atoms with Gasteiger partial charge in [0, 0.05) is 5.92 Å². The zero-order valence-electron chi connectivity index (χ0n) is 16.8. The summed E-state index contributed by atoms with van der Waals surface area (Å²) in [6, 6.07) is 0. The Hall–Kier alpha value is -1.03. The smallest absolute Gasteiger partial charge is 0.335 e. The number of carbonyl (C=O) groups is 1. The van der Waals surface area contributed by atoms with E-state index in [-0.39, 0.29) is 6.10 Å². The second-order valence-electron chi connectivity index (χ2n) is 8.06. The highest BCUT2D eigenvalue weighted by molar-refractivity contribution is 5.74. The summed E-state index contributed by atoms with van der Waals surface area (Å²) in [5.74, 6) is -2.60. The Morgan fingerprint density at radius 1 is 1.22 bits per heavy atom. The normalized spacial score (nSPS) is 38.0. The summed E-state index contributed by atoms with van der Waals surface area (Å²) < 4.78 is 34.3. The number of hydrogen-bond donors (Lipinski definition) is 1. The SMILES string of the molecule is CC[C@@H](/C=C1\[C@H]2OC(C)(C)O[C@H]2O[C@@H]1[C@H]1COC(C)(C)O1)[C@@H](O)C(=O)OC. The van der Waals surface area contributed by atoms with Crippen LogP contribution in [-0.2, 0) is 33.2 Å². The second-order valence-corrected chi connectivity index (χ2v) is 8.06. The van der Waals surface area contributed by atoms with Gasteiger partial charge in [-0.25, -0.2) is 4.79 Å². The Morgan fingerprint density at radius 2 is 1.93 bits per heavy atom. The van der Waals surface area contributed by atoms with Gasteiger partial charge in [0.25, 0.3) is 0 Å². The van der Waals surface area contributed by atoms with Crippen LogP contribution in [0.2, 0.25) is 0 Å². The molecule has 8 nitrogen and oxygen atoms in total. The van der Waals surface area contributed by atoms with Gasteiger partial charge in [-0.1, -0.05) is 13.0 Å². The molecule has 0 unspecified atom stereocenters. The molecule has 0 radical (unpaired) electrons. The van der Waals surface area contributed by atoms with E-state index in [1.54, 1.807) is 0 Å². The van der Waals surface area contributed by atoms with E-state index in [0.29, 0.717) is 13.0 Å². The maximum Gasteiger partial charge on any atom is 0.335 e. The lowest BCUT2D eigenvalue weighted by Gasteiger charge is -2.26. The maximum absolute atomic E-state index is 11.8. The van der Waals surface area contributed by atoms with Crippen LogP contribution in [0.1, 0.15) is 41.0 Å². The van der Waals surface area contributed by atoms with E-state index >= 15 is 0 Å². The molecule has 0 aromatic rings. The molecule has 3 aliphatic heterocycles. The van der Waals surface area contributed by atoms with E-state index in [1.807, 2.05) is 40.7 Å². The number of rotatable bonds is 5. The Bertz CT molecular complexity index is 599. The van der Waals surface area contributed by atoms with Crippen LogP contribution in [0.15, 0.2) is 11.6 Å². The predicted molar refractivity (Wildman–Crippen MR) is 93.5 cm³/mol. The van der Waals surface area contributed by atoms with E-state index in [4.69, 9.17) is 23.7 Å². The van der Waals surface area contributed by atoms with Crippen LogP contribution in [0.5, 0.6) is 0 Å². The first-order valence-corrected chi connectivity index (χ1v) is 9.37. The molecule has 0 aliphatic carbocycles. The van der Waals surface area contributed by atoms with Crippen LogP contribution in [0, 0.1) is 5.92 Å². The Kier molecular flexibility index (Phi) is 5.69. The Morgan fingerprint density at radius 3 is 2.48 bits per heavy atom. The molecule has 0 aromatic heterocycles. The average Bonchev–Trinajstić information content (AvgIpc) is 3.20. The monoisotopic (exact) mass is 386 g/mol. The van der Waals surface area contributed by atoms with Gasteiger partial charge in [0.2, 0.25) is 0 Å². The van der Waals surface area contributed by atoms with Crippen LogP contribution < -0.4 is 0 Å². The number of hydrogen-bond acceptors (Lipinski definition) is 8. The zero-order valence-corrected chi connectivity index (χ0v) is 16.8. The first kappa shape index (κ1) is 20.7. The van der Waals surface area contributed by atoms with E-state index < -0.39 is 48.1 Å². The van der Waals surface area contributed by atoms with Crippen LogP contribution in [0.25, 0.3) is 0 Å². The zero-order chi connectivity index (χ0) is 20.0. The van der Waals surface area contributed by atoms with E-state index in [2.05, 4.69) is 4.74 Å². The topological polar surface area (TPSA) is 92.7 Å². The van der Waals surface area contributed by atoms with Crippen LogP contribution >= 0.6 is 0 Å². The fourth-order valence-corrected chi connectivity index (χ4v) is 3.77. The van der Waals surface area contributed by atoms with Crippen molar-refractivity contribution < 1.29 is 38.3 Å². The molecule has 3 rings (SSSR count). The molecule has 3 heterocycles. The van der Waals surface area contributed by atoms with Crippen molar-refractivity contribution in [3.05, 3.63) is 11.6 Å². The third-order valence-corrected chi connectivity index (χ3v) is 5.09. The van der Waals surface area contributed by atoms with Gasteiger partial charge in [-0.05, 0) is 39.7 Å². The molecule has 3 fully saturated rings. The van der Waals surface area contributed by atoms with Gasteiger partial charge in [-0.3, -0.25) is 0 Å². The summed E-state index contributed by atoms with van der Waals surface area (Å²) in [4.78, 5) is 11.8. The molecule has 3 saturated heterocycles. The van der Waals surface area contributed by atoms with Crippen LogP contribution in [0.3, 0.4) is 0 Å². The van der Waals surface area contributed by atoms with Gasteiger partial charge in [0.05, 0.1) is 13.7 Å². The van der Waals surface area contributed by atoms with Gasteiger partial charge in [0.1, 0.15) is 18.3 Å². The fraction of sp³-hybridized carbons (Fsp3) is 0.842. The largest absolute Gasteiger partial charge is 0.467 e. The standard InChI is InChI=1S/C19H30O8/c1-7-10(13(20)16(21)22-6)8-11-14(12-9-23-18(2,3)25-12)24-17-15(11)26-19(4,5)27-17/h8,10,12-15,17,20H,7,9H2,1-6H3/b11-8-/t10-,12+,13+,14-,15+,17+/m0/s1. The summed E-state index contributed by atoms with van der Waals surface area (Å²) in [6.45, 7) is 9.59. The Labute approximate surface area is 159 Å². The second kappa shape index (κ2) is 7.42. The highest BCUT2D eigenvalue weighted by Crippen LogP contribution is 2.44. The van der Waals surface area contributed by atoms with Crippen LogP contribution in [0.4, 0.5) is 0 Å². The quantitative estimate of drug-likeness (QED) is 0.561. The van der Waals surface area contributed by atoms with Gasteiger partial charge in [-0.15, -0.1) is 0 Å². The number of aliphatic hydroxyl groups is 1. The average molecular weight is 386 g/mol. The van der Waals surface area contributed by atoms with Gasteiger partial charge >= 0.3 is 5.97 Å². The lowest BCUT2D eigenvalue weighted by atomic mass is 9.91. The molecule has 6 atom stereocenters. The van der Waals surface area contributed by atoms with Gasteiger partial charge < -0.3 is 33.5 Å². The molecule has 0 bridgehead atoms. The third kappa shape index (κ3) is 4.21. The molecule has 1 N–H and O–H groups in total. The highest BCUT2D eigenvalue weighted by Gasteiger charge is 2.55.